The zero-order valence-corrected chi connectivity index (χ0v) is 8.12. The van der Waals surface area contributed by atoms with Gasteiger partial charge in [0.2, 0.25) is 0 Å². The van der Waals surface area contributed by atoms with Crippen LogP contribution in [0.2, 0.25) is 0 Å². The molecule has 1 fully saturated rings. The topological polar surface area (TPSA) is 29.3 Å². The quantitative estimate of drug-likeness (QED) is 0.696. The Morgan fingerprint density at radius 3 is 2.77 bits per heavy atom. The molecule has 72 valence electrons. The van der Waals surface area contributed by atoms with Crippen LogP contribution in [0.1, 0.15) is 30.9 Å². The van der Waals surface area contributed by atoms with Crippen molar-refractivity contribution in [2.75, 3.05) is 13.1 Å². The van der Waals surface area contributed by atoms with Crippen LogP contribution in [0.3, 0.4) is 0 Å². The maximum Gasteiger partial charge on any atom is 0.191 e. The molecule has 0 spiro atoms. The van der Waals surface area contributed by atoms with Crippen molar-refractivity contribution in [3.8, 4) is 0 Å². The first kappa shape index (κ1) is 8.75. The fraction of sp³-hybridized carbons (Fsp3) is 0.700. The molecule has 0 radical (unpaired) electrons. The summed E-state index contributed by atoms with van der Waals surface area (Å²) in [6.45, 7) is 5.24. The summed E-state index contributed by atoms with van der Waals surface area (Å²) in [5.74, 6) is 1.77. The van der Waals surface area contributed by atoms with Crippen LogP contribution in [0.5, 0.6) is 0 Å². The molecule has 3 heteroatoms. The normalized spacial score (nSPS) is 19.2. The van der Waals surface area contributed by atoms with Gasteiger partial charge in [0.15, 0.2) is 5.89 Å². The molecule has 2 heterocycles. The van der Waals surface area contributed by atoms with Gasteiger partial charge in [-0.25, -0.2) is 4.98 Å². The van der Waals surface area contributed by atoms with E-state index in [4.69, 9.17) is 4.42 Å². The number of hydrogen-bond acceptors (Lipinski definition) is 3. The number of aryl methyl sites for hydroxylation is 1. The minimum absolute atomic E-state index is 0.770. The Morgan fingerprint density at radius 1 is 1.38 bits per heavy atom. The van der Waals surface area contributed by atoms with E-state index < -0.39 is 0 Å². The smallest absolute Gasteiger partial charge is 0.191 e. The van der Waals surface area contributed by atoms with Gasteiger partial charge < -0.3 is 4.42 Å². The molecule has 13 heavy (non-hydrogen) atoms. The fourth-order valence-corrected chi connectivity index (χ4v) is 1.82. The molecule has 3 nitrogen and oxygen atoms in total. The largest absolute Gasteiger partial charge is 0.445 e. The van der Waals surface area contributed by atoms with Gasteiger partial charge in [-0.05, 0) is 25.9 Å². The lowest BCUT2D eigenvalue weighted by atomic mass is 10.1. The number of likely N-dealkylation sites (tertiary alicyclic amines) is 1. The highest BCUT2D eigenvalue weighted by Gasteiger charge is 2.12. The van der Waals surface area contributed by atoms with E-state index in [1.807, 2.05) is 13.1 Å². The van der Waals surface area contributed by atoms with E-state index in [-0.39, 0.29) is 0 Å². The summed E-state index contributed by atoms with van der Waals surface area (Å²) >= 11 is 0. The molecule has 1 saturated heterocycles. The first-order valence-corrected chi connectivity index (χ1v) is 4.98. The SMILES string of the molecule is Cc1ncc(CN2CCCCC2)o1. The van der Waals surface area contributed by atoms with Crippen LogP contribution in [0, 0.1) is 6.92 Å². The minimum Gasteiger partial charge on any atom is -0.445 e. The minimum atomic E-state index is 0.770. The summed E-state index contributed by atoms with van der Waals surface area (Å²) in [5, 5.41) is 0. The van der Waals surface area contributed by atoms with Crippen molar-refractivity contribution in [2.24, 2.45) is 0 Å². The van der Waals surface area contributed by atoms with Gasteiger partial charge in [0.05, 0.1) is 12.7 Å². The second-order valence-corrected chi connectivity index (χ2v) is 3.68. The van der Waals surface area contributed by atoms with Crippen LogP contribution >= 0.6 is 0 Å². The molecule has 1 aromatic rings. The number of oxazole rings is 1. The lowest BCUT2D eigenvalue weighted by Gasteiger charge is -2.24. The predicted molar refractivity (Wildman–Crippen MR) is 50.4 cm³/mol. The Balaban J connectivity index is 1.89. The van der Waals surface area contributed by atoms with Crippen LogP contribution in [0.15, 0.2) is 10.6 Å². The molecule has 0 aliphatic carbocycles. The predicted octanol–water partition coefficient (Wildman–Crippen LogP) is 1.97. The van der Waals surface area contributed by atoms with Gasteiger partial charge in [0, 0.05) is 6.92 Å². The Labute approximate surface area is 78.8 Å². The maximum absolute atomic E-state index is 5.43. The molecule has 2 rings (SSSR count). The van der Waals surface area contributed by atoms with Crippen LogP contribution in [0.25, 0.3) is 0 Å². The van der Waals surface area contributed by atoms with Gasteiger partial charge in [-0.2, -0.15) is 0 Å². The second-order valence-electron chi connectivity index (χ2n) is 3.68. The van der Waals surface area contributed by atoms with Crippen molar-refractivity contribution >= 4 is 0 Å². The zero-order chi connectivity index (χ0) is 9.10. The zero-order valence-electron chi connectivity index (χ0n) is 8.12. The molecular weight excluding hydrogens is 164 g/mol. The van der Waals surface area contributed by atoms with Crippen molar-refractivity contribution in [3.05, 3.63) is 17.8 Å². The lowest BCUT2D eigenvalue weighted by molar-refractivity contribution is 0.204. The molecule has 1 aliphatic heterocycles. The number of rotatable bonds is 2. The fourth-order valence-electron chi connectivity index (χ4n) is 1.82. The molecular formula is C10H16N2O. The van der Waals surface area contributed by atoms with Crippen molar-refractivity contribution in [3.63, 3.8) is 0 Å². The average Bonchev–Trinajstić information content (AvgIpc) is 2.53. The summed E-state index contributed by atoms with van der Waals surface area (Å²) in [6, 6.07) is 0. The number of aromatic nitrogens is 1. The van der Waals surface area contributed by atoms with E-state index in [2.05, 4.69) is 9.88 Å². The molecule has 0 aromatic carbocycles. The highest BCUT2D eigenvalue weighted by molar-refractivity contribution is 4.92. The van der Waals surface area contributed by atoms with Crippen molar-refractivity contribution in [1.29, 1.82) is 0 Å². The highest BCUT2D eigenvalue weighted by Crippen LogP contribution is 2.13. The number of hydrogen-bond donors (Lipinski definition) is 0. The third-order valence-electron chi connectivity index (χ3n) is 2.50. The summed E-state index contributed by atoms with van der Waals surface area (Å²) in [5.41, 5.74) is 0. The number of piperidine rings is 1. The summed E-state index contributed by atoms with van der Waals surface area (Å²) in [4.78, 5) is 6.52. The van der Waals surface area contributed by atoms with Crippen LogP contribution in [-0.4, -0.2) is 23.0 Å². The first-order chi connectivity index (χ1) is 6.34. The molecule has 1 aliphatic rings. The third-order valence-corrected chi connectivity index (χ3v) is 2.50. The van der Waals surface area contributed by atoms with E-state index in [9.17, 15) is 0 Å². The van der Waals surface area contributed by atoms with E-state index in [0.717, 1.165) is 18.2 Å². The van der Waals surface area contributed by atoms with Crippen molar-refractivity contribution < 1.29 is 4.42 Å². The maximum atomic E-state index is 5.43. The third kappa shape index (κ3) is 2.31. The number of nitrogens with zero attached hydrogens (tertiary/aromatic N) is 2. The molecule has 0 atom stereocenters. The van der Waals surface area contributed by atoms with Gasteiger partial charge in [-0.1, -0.05) is 6.42 Å². The standard InChI is InChI=1S/C10H16N2O/c1-9-11-7-10(13-9)8-12-5-3-2-4-6-12/h7H,2-6,8H2,1H3. The van der Waals surface area contributed by atoms with Gasteiger partial charge in [0.1, 0.15) is 5.76 Å². The molecule has 0 bridgehead atoms. The Kier molecular flexibility index (Phi) is 2.64. The average molecular weight is 180 g/mol. The second kappa shape index (κ2) is 3.92. The lowest BCUT2D eigenvalue weighted by Crippen LogP contribution is -2.28. The Bertz CT molecular complexity index is 264. The van der Waals surface area contributed by atoms with Crippen molar-refractivity contribution in [1.82, 2.24) is 9.88 Å². The molecule has 0 amide bonds. The van der Waals surface area contributed by atoms with Crippen molar-refractivity contribution in [2.45, 2.75) is 32.7 Å². The van der Waals surface area contributed by atoms with E-state index in [1.165, 1.54) is 32.4 Å². The summed E-state index contributed by atoms with van der Waals surface area (Å²) in [6.07, 6.45) is 5.87. The van der Waals surface area contributed by atoms with Gasteiger partial charge in [-0.3, -0.25) is 4.90 Å². The van der Waals surface area contributed by atoms with Gasteiger partial charge in [0.25, 0.3) is 0 Å². The van der Waals surface area contributed by atoms with Crippen LogP contribution in [0.4, 0.5) is 0 Å². The van der Waals surface area contributed by atoms with Crippen LogP contribution in [-0.2, 0) is 6.54 Å². The highest BCUT2D eigenvalue weighted by atomic mass is 16.4. The van der Waals surface area contributed by atoms with Crippen LogP contribution < -0.4 is 0 Å². The van der Waals surface area contributed by atoms with Gasteiger partial charge in [-0.15, -0.1) is 0 Å². The molecule has 1 aromatic heterocycles. The first-order valence-electron chi connectivity index (χ1n) is 4.98. The summed E-state index contributed by atoms with van der Waals surface area (Å²) < 4.78 is 5.43. The van der Waals surface area contributed by atoms with E-state index in [1.54, 1.807) is 0 Å². The summed E-state index contributed by atoms with van der Waals surface area (Å²) in [7, 11) is 0. The molecule has 0 unspecified atom stereocenters. The van der Waals surface area contributed by atoms with E-state index >= 15 is 0 Å². The Morgan fingerprint density at radius 2 is 2.15 bits per heavy atom. The monoisotopic (exact) mass is 180 g/mol. The van der Waals surface area contributed by atoms with Gasteiger partial charge >= 0.3 is 0 Å². The molecule has 0 N–H and O–H groups in total. The van der Waals surface area contributed by atoms with E-state index in [0.29, 0.717) is 0 Å². The molecule has 0 saturated carbocycles. The Hall–Kier alpha value is -0.830.